The van der Waals surface area contributed by atoms with Crippen LogP contribution in [-0.2, 0) is 11.3 Å². The van der Waals surface area contributed by atoms with E-state index in [9.17, 15) is 4.79 Å². The fraction of sp³-hybridized carbons (Fsp3) is 0.571. The molecule has 18 heavy (non-hydrogen) atoms. The summed E-state index contributed by atoms with van der Waals surface area (Å²) in [5.41, 5.74) is 0. The summed E-state index contributed by atoms with van der Waals surface area (Å²) in [5, 5.41) is 9.12. The molecule has 1 aliphatic rings. The van der Waals surface area contributed by atoms with Gasteiger partial charge in [0.15, 0.2) is 0 Å². The summed E-state index contributed by atoms with van der Waals surface area (Å²) >= 11 is 0. The van der Waals surface area contributed by atoms with Crippen LogP contribution in [0.4, 0.5) is 0 Å². The first-order chi connectivity index (χ1) is 8.63. The summed E-state index contributed by atoms with van der Waals surface area (Å²) in [7, 11) is 0. The minimum absolute atomic E-state index is 0.0420. The standard InChI is InChI=1S/C14H18N2O2/c1-10(2)13(8-15)14(17)16(11-5-6-11)9-12-4-3-7-18-12/h3-4,7,10-11,13H,5-6,9H2,1-2H3. The SMILES string of the molecule is CC(C)C(C#N)C(=O)N(Cc1ccco1)C1CC1. The van der Waals surface area contributed by atoms with E-state index in [1.54, 1.807) is 11.2 Å². The number of nitriles is 1. The van der Waals surface area contributed by atoms with Gasteiger partial charge < -0.3 is 9.32 Å². The maximum atomic E-state index is 12.4. The average Bonchev–Trinajstić information content (AvgIpc) is 3.03. The van der Waals surface area contributed by atoms with Crippen molar-refractivity contribution in [2.24, 2.45) is 11.8 Å². The summed E-state index contributed by atoms with van der Waals surface area (Å²) in [5.74, 6) is 0.197. The number of hydrogen-bond acceptors (Lipinski definition) is 3. The molecule has 2 rings (SSSR count). The van der Waals surface area contributed by atoms with Crippen LogP contribution >= 0.6 is 0 Å². The zero-order valence-electron chi connectivity index (χ0n) is 10.8. The van der Waals surface area contributed by atoms with Crippen LogP contribution in [0.3, 0.4) is 0 Å². The number of nitrogens with zero attached hydrogens (tertiary/aromatic N) is 2. The van der Waals surface area contributed by atoms with E-state index in [1.807, 2.05) is 26.0 Å². The molecule has 4 nitrogen and oxygen atoms in total. The van der Waals surface area contributed by atoms with E-state index in [4.69, 9.17) is 9.68 Å². The van der Waals surface area contributed by atoms with Crippen LogP contribution < -0.4 is 0 Å². The Labute approximate surface area is 107 Å². The Morgan fingerprint density at radius 3 is 2.78 bits per heavy atom. The smallest absolute Gasteiger partial charge is 0.240 e. The Kier molecular flexibility index (Phi) is 3.71. The fourth-order valence-corrected chi connectivity index (χ4v) is 2.01. The number of carbonyl (C=O) groups is 1. The average molecular weight is 246 g/mol. The van der Waals surface area contributed by atoms with Crippen LogP contribution in [0.15, 0.2) is 22.8 Å². The molecule has 0 spiro atoms. The molecule has 0 aromatic carbocycles. The molecule has 1 aromatic heterocycles. The zero-order valence-corrected chi connectivity index (χ0v) is 10.8. The van der Waals surface area contributed by atoms with Crippen LogP contribution in [0.1, 0.15) is 32.4 Å². The van der Waals surface area contributed by atoms with Gasteiger partial charge in [-0.2, -0.15) is 5.26 Å². The third-order valence-corrected chi connectivity index (χ3v) is 3.25. The fourth-order valence-electron chi connectivity index (χ4n) is 2.01. The molecule has 1 unspecified atom stereocenters. The second-order valence-corrected chi connectivity index (χ2v) is 5.13. The van der Waals surface area contributed by atoms with Crippen molar-refractivity contribution in [3.8, 4) is 6.07 Å². The van der Waals surface area contributed by atoms with Gasteiger partial charge in [-0.05, 0) is 30.9 Å². The molecule has 1 aliphatic carbocycles. The van der Waals surface area contributed by atoms with E-state index < -0.39 is 5.92 Å². The van der Waals surface area contributed by atoms with Crippen LogP contribution in [0.25, 0.3) is 0 Å². The van der Waals surface area contributed by atoms with Crippen molar-refractivity contribution >= 4 is 5.91 Å². The maximum Gasteiger partial charge on any atom is 0.240 e. The Morgan fingerprint density at radius 1 is 1.61 bits per heavy atom. The lowest BCUT2D eigenvalue weighted by Crippen LogP contribution is -2.38. The summed E-state index contributed by atoms with van der Waals surface area (Å²) in [6, 6.07) is 6.09. The molecular formula is C14H18N2O2. The van der Waals surface area contributed by atoms with Crippen molar-refractivity contribution in [1.82, 2.24) is 4.90 Å². The van der Waals surface area contributed by atoms with E-state index >= 15 is 0 Å². The molecule has 1 aromatic rings. The molecule has 1 fully saturated rings. The third-order valence-electron chi connectivity index (χ3n) is 3.25. The number of hydrogen-bond donors (Lipinski definition) is 0. The quantitative estimate of drug-likeness (QED) is 0.802. The lowest BCUT2D eigenvalue weighted by Gasteiger charge is -2.25. The highest BCUT2D eigenvalue weighted by Gasteiger charge is 2.37. The van der Waals surface area contributed by atoms with E-state index in [0.717, 1.165) is 18.6 Å². The first-order valence-electron chi connectivity index (χ1n) is 6.36. The van der Waals surface area contributed by atoms with Gasteiger partial charge in [0.1, 0.15) is 11.7 Å². The van der Waals surface area contributed by atoms with Gasteiger partial charge in [-0.15, -0.1) is 0 Å². The molecule has 0 saturated heterocycles. The predicted octanol–water partition coefficient (Wildman–Crippen LogP) is 2.57. The van der Waals surface area contributed by atoms with Gasteiger partial charge in [-0.25, -0.2) is 0 Å². The van der Waals surface area contributed by atoms with Crippen molar-refractivity contribution < 1.29 is 9.21 Å². The molecule has 0 bridgehead atoms. The first-order valence-corrected chi connectivity index (χ1v) is 6.36. The summed E-state index contributed by atoms with van der Waals surface area (Å²) in [6.45, 7) is 4.29. The lowest BCUT2D eigenvalue weighted by atomic mass is 9.96. The summed E-state index contributed by atoms with van der Waals surface area (Å²) < 4.78 is 5.29. The van der Waals surface area contributed by atoms with Crippen molar-refractivity contribution in [2.45, 2.75) is 39.3 Å². The Balaban J connectivity index is 2.10. The molecule has 0 radical (unpaired) electrons. The second-order valence-electron chi connectivity index (χ2n) is 5.13. The highest BCUT2D eigenvalue weighted by atomic mass is 16.3. The van der Waals surface area contributed by atoms with Gasteiger partial charge in [0.05, 0.1) is 18.9 Å². The van der Waals surface area contributed by atoms with Crippen LogP contribution in [-0.4, -0.2) is 16.8 Å². The highest BCUT2D eigenvalue weighted by molar-refractivity contribution is 5.82. The van der Waals surface area contributed by atoms with Gasteiger partial charge in [-0.3, -0.25) is 4.79 Å². The van der Waals surface area contributed by atoms with Gasteiger partial charge >= 0.3 is 0 Å². The first kappa shape index (κ1) is 12.7. The molecule has 0 aliphatic heterocycles. The molecule has 0 N–H and O–H groups in total. The Bertz CT molecular complexity index is 441. The number of carbonyl (C=O) groups excluding carboxylic acids is 1. The number of furan rings is 1. The molecule has 1 saturated carbocycles. The predicted molar refractivity (Wildman–Crippen MR) is 66.2 cm³/mol. The van der Waals surface area contributed by atoms with E-state index in [0.29, 0.717) is 6.54 Å². The van der Waals surface area contributed by atoms with Gasteiger partial charge in [0.2, 0.25) is 5.91 Å². The van der Waals surface area contributed by atoms with Gasteiger partial charge in [-0.1, -0.05) is 13.8 Å². The molecule has 1 heterocycles. The minimum atomic E-state index is -0.555. The highest BCUT2D eigenvalue weighted by Crippen LogP contribution is 2.30. The van der Waals surface area contributed by atoms with Crippen LogP contribution in [0, 0.1) is 23.2 Å². The normalized spacial score (nSPS) is 16.3. The largest absolute Gasteiger partial charge is 0.467 e. The lowest BCUT2D eigenvalue weighted by molar-refractivity contribution is -0.136. The van der Waals surface area contributed by atoms with Crippen molar-refractivity contribution in [2.75, 3.05) is 0 Å². The zero-order chi connectivity index (χ0) is 13.1. The molecule has 1 atom stereocenters. The van der Waals surface area contributed by atoms with Gasteiger partial charge in [0.25, 0.3) is 0 Å². The summed E-state index contributed by atoms with van der Waals surface area (Å²) in [6.07, 6.45) is 3.67. The van der Waals surface area contributed by atoms with Crippen molar-refractivity contribution in [3.05, 3.63) is 24.2 Å². The monoisotopic (exact) mass is 246 g/mol. The number of amides is 1. The second kappa shape index (κ2) is 5.26. The molecule has 96 valence electrons. The van der Waals surface area contributed by atoms with E-state index in [-0.39, 0.29) is 17.9 Å². The van der Waals surface area contributed by atoms with Crippen LogP contribution in [0.2, 0.25) is 0 Å². The molecule has 1 amide bonds. The topological polar surface area (TPSA) is 57.2 Å². The van der Waals surface area contributed by atoms with Gasteiger partial charge in [0, 0.05) is 6.04 Å². The Hall–Kier alpha value is -1.76. The van der Waals surface area contributed by atoms with E-state index in [2.05, 4.69) is 6.07 Å². The molecular weight excluding hydrogens is 228 g/mol. The number of rotatable bonds is 5. The van der Waals surface area contributed by atoms with E-state index in [1.165, 1.54) is 0 Å². The molecule has 4 heteroatoms. The third kappa shape index (κ3) is 2.73. The van der Waals surface area contributed by atoms with Crippen molar-refractivity contribution in [1.29, 1.82) is 5.26 Å². The Morgan fingerprint density at radius 2 is 2.33 bits per heavy atom. The maximum absolute atomic E-state index is 12.4. The summed E-state index contributed by atoms with van der Waals surface area (Å²) in [4.78, 5) is 14.2. The van der Waals surface area contributed by atoms with Crippen LogP contribution in [0.5, 0.6) is 0 Å². The minimum Gasteiger partial charge on any atom is -0.467 e. The van der Waals surface area contributed by atoms with Crippen molar-refractivity contribution in [3.63, 3.8) is 0 Å².